The van der Waals surface area contributed by atoms with Gasteiger partial charge in [-0.1, -0.05) is 13.8 Å². The summed E-state index contributed by atoms with van der Waals surface area (Å²) in [5, 5.41) is 32.4. The first-order chi connectivity index (χ1) is 14.5. The number of rotatable bonds is 8. The Kier molecular flexibility index (Phi) is 5.65. The van der Waals surface area contributed by atoms with E-state index >= 15 is 0 Å². The van der Waals surface area contributed by atoms with E-state index in [0.717, 1.165) is 35.2 Å². The number of hydrogen-bond donors (Lipinski definition) is 2. The zero-order valence-corrected chi connectivity index (χ0v) is 17.4. The normalized spacial score (nSPS) is 13.9. The maximum Gasteiger partial charge on any atom is 0.0999 e. The highest BCUT2D eigenvalue weighted by Crippen LogP contribution is 2.28. The summed E-state index contributed by atoms with van der Waals surface area (Å²) in [5.74, 6) is 0. The summed E-state index contributed by atoms with van der Waals surface area (Å²) in [6.45, 7) is 5.81. The molecule has 0 amide bonds. The van der Waals surface area contributed by atoms with Crippen molar-refractivity contribution in [3.05, 3.63) is 43.2 Å². The zero-order valence-electron chi connectivity index (χ0n) is 17.4. The summed E-state index contributed by atoms with van der Waals surface area (Å²) in [7, 11) is 0. The molecule has 0 fully saturated rings. The van der Waals surface area contributed by atoms with E-state index in [-0.39, 0.29) is 12.6 Å². The first kappa shape index (κ1) is 20.2. The quantitative estimate of drug-likeness (QED) is 0.463. The van der Waals surface area contributed by atoms with Crippen LogP contribution < -0.4 is 0 Å². The van der Waals surface area contributed by atoms with Gasteiger partial charge >= 0.3 is 0 Å². The third-order valence-corrected chi connectivity index (χ3v) is 5.64. The molecule has 4 aromatic rings. The lowest BCUT2D eigenvalue weighted by molar-refractivity contribution is 0.0535. The molecule has 30 heavy (non-hydrogen) atoms. The van der Waals surface area contributed by atoms with Gasteiger partial charge < -0.3 is 10.2 Å². The fourth-order valence-corrected chi connectivity index (χ4v) is 3.62. The molecular formula is C21H27N7O2. The molecule has 9 heteroatoms. The average Bonchev–Trinajstić information content (AvgIpc) is 3.53. The minimum atomic E-state index is -0.884. The standard InChI is InChI=1S/C21H27N7O2/c1-4-17(5-2)27-11-16(9-24-27)21-19-6-7-22-28(19)12-18(25-21)15-8-23-26(10-15)14(3)20(30)13-29/h6-12,14,17,20,29-30H,4-5,13H2,1-3H3/t14-,20+/m0/s1. The molecule has 4 rings (SSSR count). The zero-order chi connectivity index (χ0) is 21.3. The molecule has 0 bridgehead atoms. The lowest BCUT2D eigenvalue weighted by atomic mass is 10.1. The Morgan fingerprint density at radius 2 is 1.67 bits per heavy atom. The molecule has 4 heterocycles. The minimum Gasteiger partial charge on any atom is -0.394 e. The van der Waals surface area contributed by atoms with Gasteiger partial charge in [-0.15, -0.1) is 0 Å². The van der Waals surface area contributed by atoms with Crippen molar-refractivity contribution < 1.29 is 10.2 Å². The van der Waals surface area contributed by atoms with E-state index < -0.39 is 6.10 Å². The summed E-state index contributed by atoms with van der Waals surface area (Å²) in [6, 6.07) is 1.94. The second-order valence-electron chi connectivity index (χ2n) is 7.51. The van der Waals surface area contributed by atoms with Gasteiger partial charge in [0.15, 0.2) is 0 Å². The van der Waals surface area contributed by atoms with Crippen LogP contribution in [-0.2, 0) is 0 Å². The highest BCUT2D eigenvalue weighted by atomic mass is 16.3. The first-order valence-electron chi connectivity index (χ1n) is 10.3. The predicted octanol–water partition coefficient (Wildman–Crippen LogP) is 2.73. The Bertz CT molecular complexity index is 1130. The van der Waals surface area contributed by atoms with Crippen molar-refractivity contribution in [1.29, 1.82) is 0 Å². The van der Waals surface area contributed by atoms with Crippen LogP contribution in [0, 0.1) is 0 Å². The lowest BCUT2D eigenvalue weighted by Crippen LogP contribution is -2.25. The Hall–Kier alpha value is -3.04. The third kappa shape index (κ3) is 3.61. The SMILES string of the molecule is CCC(CC)n1cc(-c2nc(-c3cnn([C@@H](C)[C@H](O)CO)c3)cn3nccc23)cn1. The van der Waals surface area contributed by atoms with Crippen LogP contribution in [0.15, 0.2) is 43.2 Å². The van der Waals surface area contributed by atoms with Gasteiger partial charge in [0.25, 0.3) is 0 Å². The van der Waals surface area contributed by atoms with Crippen LogP contribution in [0.1, 0.15) is 45.7 Å². The molecule has 0 aliphatic heterocycles. The molecular weight excluding hydrogens is 382 g/mol. The number of fused-ring (bicyclic) bond motifs is 1. The summed E-state index contributed by atoms with van der Waals surface area (Å²) in [6.07, 6.45) is 12.2. The van der Waals surface area contributed by atoms with Gasteiger partial charge in [0.05, 0.1) is 66.5 Å². The van der Waals surface area contributed by atoms with Crippen molar-refractivity contribution >= 4 is 5.52 Å². The van der Waals surface area contributed by atoms with Gasteiger partial charge in [0.2, 0.25) is 0 Å². The van der Waals surface area contributed by atoms with Gasteiger partial charge in [0, 0.05) is 23.5 Å². The molecule has 2 atom stereocenters. The molecule has 2 N–H and O–H groups in total. The van der Waals surface area contributed by atoms with E-state index in [1.165, 1.54) is 0 Å². The molecule has 0 aliphatic carbocycles. The second kappa shape index (κ2) is 8.37. The molecule has 0 radical (unpaired) electrons. The third-order valence-electron chi connectivity index (χ3n) is 5.64. The summed E-state index contributed by atoms with van der Waals surface area (Å²) in [5.41, 5.74) is 4.16. The maximum absolute atomic E-state index is 9.90. The van der Waals surface area contributed by atoms with Crippen LogP contribution in [0.25, 0.3) is 28.0 Å². The van der Waals surface area contributed by atoms with Gasteiger partial charge in [-0.25, -0.2) is 9.50 Å². The van der Waals surface area contributed by atoms with Crippen molar-refractivity contribution in [3.8, 4) is 22.5 Å². The molecule has 0 unspecified atom stereocenters. The fraction of sp³-hybridized carbons (Fsp3) is 0.429. The minimum absolute atomic E-state index is 0.321. The number of aliphatic hydroxyl groups is 2. The number of aromatic nitrogens is 7. The van der Waals surface area contributed by atoms with Gasteiger partial charge in [-0.05, 0) is 25.8 Å². The fourth-order valence-electron chi connectivity index (χ4n) is 3.62. The molecule has 0 spiro atoms. The van der Waals surface area contributed by atoms with Crippen molar-refractivity contribution in [2.24, 2.45) is 0 Å². The van der Waals surface area contributed by atoms with Crippen LogP contribution >= 0.6 is 0 Å². The first-order valence-corrected chi connectivity index (χ1v) is 10.3. The molecule has 9 nitrogen and oxygen atoms in total. The Morgan fingerprint density at radius 3 is 2.40 bits per heavy atom. The predicted molar refractivity (Wildman–Crippen MR) is 113 cm³/mol. The molecule has 158 valence electrons. The monoisotopic (exact) mass is 409 g/mol. The Labute approximate surface area is 174 Å². The van der Waals surface area contributed by atoms with Gasteiger partial charge in [0.1, 0.15) is 0 Å². The summed E-state index contributed by atoms with van der Waals surface area (Å²) in [4.78, 5) is 4.90. The smallest absolute Gasteiger partial charge is 0.0999 e. The molecule has 4 aromatic heterocycles. The average molecular weight is 409 g/mol. The topological polar surface area (TPSA) is 106 Å². The van der Waals surface area contributed by atoms with E-state index in [9.17, 15) is 10.2 Å². The van der Waals surface area contributed by atoms with Crippen LogP contribution in [0.5, 0.6) is 0 Å². The number of hydrogen-bond acceptors (Lipinski definition) is 6. The molecule has 0 aromatic carbocycles. The number of nitrogens with zero attached hydrogens (tertiary/aromatic N) is 7. The van der Waals surface area contributed by atoms with Gasteiger partial charge in [-0.2, -0.15) is 15.3 Å². The van der Waals surface area contributed by atoms with Crippen molar-refractivity contribution in [1.82, 2.24) is 34.2 Å². The van der Waals surface area contributed by atoms with E-state index in [0.29, 0.717) is 11.7 Å². The Morgan fingerprint density at radius 1 is 0.967 bits per heavy atom. The lowest BCUT2D eigenvalue weighted by Gasteiger charge is -2.16. The molecule has 0 aliphatic rings. The van der Waals surface area contributed by atoms with Crippen molar-refractivity contribution in [3.63, 3.8) is 0 Å². The summed E-state index contributed by atoms with van der Waals surface area (Å²) < 4.78 is 5.44. The van der Waals surface area contributed by atoms with Crippen LogP contribution in [0.4, 0.5) is 0 Å². The van der Waals surface area contributed by atoms with Crippen molar-refractivity contribution in [2.75, 3.05) is 6.61 Å². The largest absolute Gasteiger partial charge is 0.394 e. The highest BCUT2D eigenvalue weighted by molar-refractivity contribution is 5.78. The number of aliphatic hydroxyl groups excluding tert-OH is 2. The summed E-state index contributed by atoms with van der Waals surface area (Å²) >= 11 is 0. The van der Waals surface area contributed by atoms with E-state index in [1.807, 2.05) is 35.5 Å². The van der Waals surface area contributed by atoms with E-state index in [2.05, 4.69) is 29.1 Å². The van der Waals surface area contributed by atoms with Gasteiger partial charge in [-0.3, -0.25) is 9.36 Å². The van der Waals surface area contributed by atoms with E-state index in [4.69, 9.17) is 4.98 Å². The van der Waals surface area contributed by atoms with Crippen LogP contribution in [0.3, 0.4) is 0 Å². The Balaban J connectivity index is 1.75. The highest BCUT2D eigenvalue weighted by Gasteiger charge is 2.18. The van der Waals surface area contributed by atoms with Crippen LogP contribution in [-0.4, -0.2) is 57.1 Å². The van der Waals surface area contributed by atoms with Crippen molar-refractivity contribution in [2.45, 2.75) is 51.8 Å². The maximum atomic E-state index is 9.90. The molecule has 0 saturated carbocycles. The second-order valence-corrected chi connectivity index (χ2v) is 7.51. The van der Waals surface area contributed by atoms with E-state index in [1.54, 1.807) is 28.5 Å². The van der Waals surface area contributed by atoms with Crippen LogP contribution in [0.2, 0.25) is 0 Å². The molecule has 0 saturated heterocycles.